The molecular formula is C14H24N2O. The quantitative estimate of drug-likeness (QED) is 0.680. The van der Waals surface area contributed by atoms with Gasteiger partial charge in [-0.25, -0.2) is 0 Å². The molecule has 1 rings (SSSR count). The number of hydrogen-bond donors (Lipinski definition) is 2. The molecule has 0 aromatic heterocycles. The van der Waals surface area contributed by atoms with Crippen LogP contribution in [0.1, 0.15) is 17.5 Å². The molecule has 0 unspecified atom stereocenters. The van der Waals surface area contributed by atoms with Gasteiger partial charge in [0.05, 0.1) is 0 Å². The zero-order valence-electron chi connectivity index (χ0n) is 11.2. The van der Waals surface area contributed by atoms with E-state index in [1.807, 2.05) is 0 Å². The van der Waals surface area contributed by atoms with Crippen LogP contribution in [-0.2, 0) is 4.74 Å². The Morgan fingerprint density at radius 1 is 1.00 bits per heavy atom. The standard InChI is InChI=1S/C14H24N2O/c1-12-9-13(2)11-14(10-12)16-7-6-15-5-4-8-17-3/h9-11,15-16H,4-8H2,1-3H3. The average molecular weight is 236 g/mol. The fraction of sp³-hybridized carbons (Fsp3) is 0.571. The lowest BCUT2D eigenvalue weighted by Gasteiger charge is -2.09. The second kappa shape index (κ2) is 8.09. The number of benzene rings is 1. The van der Waals surface area contributed by atoms with Crippen LogP contribution in [0.2, 0.25) is 0 Å². The van der Waals surface area contributed by atoms with E-state index < -0.39 is 0 Å². The normalized spacial score (nSPS) is 10.5. The third kappa shape index (κ3) is 6.29. The van der Waals surface area contributed by atoms with Gasteiger partial charge in [0.1, 0.15) is 0 Å². The van der Waals surface area contributed by atoms with E-state index in [0.29, 0.717) is 0 Å². The van der Waals surface area contributed by atoms with E-state index >= 15 is 0 Å². The molecule has 1 aromatic rings. The predicted molar refractivity (Wildman–Crippen MR) is 73.8 cm³/mol. The fourth-order valence-electron chi connectivity index (χ4n) is 1.84. The Morgan fingerprint density at radius 2 is 1.71 bits per heavy atom. The molecule has 0 aliphatic carbocycles. The summed E-state index contributed by atoms with van der Waals surface area (Å²) in [6.07, 6.45) is 1.07. The number of rotatable bonds is 8. The van der Waals surface area contributed by atoms with Crippen molar-refractivity contribution in [1.29, 1.82) is 0 Å². The topological polar surface area (TPSA) is 33.3 Å². The first-order valence-corrected chi connectivity index (χ1v) is 6.24. The van der Waals surface area contributed by atoms with E-state index in [2.05, 4.69) is 42.7 Å². The molecule has 3 heteroatoms. The minimum Gasteiger partial charge on any atom is -0.385 e. The van der Waals surface area contributed by atoms with Crippen LogP contribution >= 0.6 is 0 Å². The van der Waals surface area contributed by atoms with E-state index in [-0.39, 0.29) is 0 Å². The molecule has 0 bridgehead atoms. The third-order valence-electron chi connectivity index (χ3n) is 2.55. The summed E-state index contributed by atoms with van der Waals surface area (Å²) in [5.74, 6) is 0. The first-order valence-electron chi connectivity index (χ1n) is 6.24. The van der Waals surface area contributed by atoms with E-state index in [1.54, 1.807) is 7.11 Å². The van der Waals surface area contributed by atoms with Gasteiger partial charge in [0, 0.05) is 32.5 Å². The van der Waals surface area contributed by atoms with Gasteiger partial charge in [-0.1, -0.05) is 6.07 Å². The Hall–Kier alpha value is -1.06. The number of anilines is 1. The molecule has 0 amide bonds. The van der Waals surface area contributed by atoms with Crippen molar-refractivity contribution in [2.75, 3.05) is 38.7 Å². The molecule has 0 spiro atoms. The minimum absolute atomic E-state index is 0.831. The Kier molecular flexibility index (Phi) is 6.67. The highest BCUT2D eigenvalue weighted by molar-refractivity contribution is 5.48. The van der Waals surface area contributed by atoms with Crippen LogP contribution in [0, 0.1) is 13.8 Å². The summed E-state index contributed by atoms with van der Waals surface area (Å²) in [5, 5.41) is 6.80. The summed E-state index contributed by atoms with van der Waals surface area (Å²) in [7, 11) is 1.74. The molecule has 0 saturated carbocycles. The van der Waals surface area contributed by atoms with Crippen molar-refractivity contribution >= 4 is 5.69 Å². The van der Waals surface area contributed by atoms with Crippen LogP contribution in [0.25, 0.3) is 0 Å². The number of nitrogens with one attached hydrogen (secondary N) is 2. The Bertz CT molecular complexity index is 306. The largest absolute Gasteiger partial charge is 0.385 e. The van der Waals surface area contributed by atoms with Crippen LogP contribution < -0.4 is 10.6 Å². The maximum absolute atomic E-state index is 4.99. The monoisotopic (exact) mass is 236 g/mol. The minimum atomic E-state index is 0.831. The maximum atomic E-state index is 4.99. The van der Waals surface area contributed by atoms with Crippen molar-refractivity contribution in [2.24, 2.45) is 0 Å². The Morgan fingerprint density at radius 3 is 2.35 bits per heavy atom. The molecule has 2 N–H and O–H groups in total. The first kappa shape index (κ1) is 14.0. The van der Waals surface area contributed by atoms with Crippen LogP contribution in [0.5, 0.6) is 0 Å². The average Bonchev–Trinajstić information content (AvgIpc) is 2.26. The summed E-state index contributed by atoms with van der Waals surface area (Å²) in [5.41, 5.74) is 3.82. The molecule has 96 valence electrons. The van der Waals surface area contributed by atoms with Crippen molar-refractivity contribution in [1.82, 2.24) is 5.32 Å². The van der Waals surface area contributed by atoms with Crippen molar-refractivity contribution in [3.8, 4) is 0 Å². The number of hydrogen-bond acceptors (Lipinski definition) is 3. The van der Waals surface area contributed by atoms with Gasteiger partial charge < -0.3 is 15.4 Å². The molecule has 0 atom stereocenters. The summed E-state index contributed by atoms with van der Waals surface area (Å²) in [4.78, 5) is 0. The highest BCUT2D eigenvalue weighted by Crippen LogP contribution is 2.12. The van der Waals surface area contributed by atoms with Crippen LogP contribution in [0.4, 0.5) is 5.69 Å². The molecule has 1 aromatic carbocycles. The predicted octanol–water partition coefficient (Wildman–Crippen LogP) is 2.34. The van der Waals surface area contributed by atoms with Crippen molar-refractivity contribution in [3.63, 3.8) is 0 Å². The molecule has 0 aliphatic rings. The van der Waals surface area contributed by atoms with Crippen molar-refractivity contribution in [2.45, 2.75) is 20.3 Å². The number of aryl methyl sites for hydroxylation is 2. The molecule has 0 saturated heterocycles. The van der Waals surface area contributed by atoms with Crippen LogP contribution in [0.15, 0.2) is 18.2 Å². The summed E-state index contributed by atoms with van der Waals surface area (Å²) in [6.45, 7) is 8.04. The SMILES string of the molecule is COCCCNCCNc1cc(C)cc(C)c1. The third-order valence-corrected chi connectivity index (χ3v) is 2.55. The van der Waals surface area contributed by atoms with Crippen molar-refractivity contribution < 1.29 is 4.74 Å². The smallest absolute Gasteiger partial charge is 0.0474 e. The molecular weight excluding hydrogens is 212 g/mol. The van der Waals surface area contributed by atoms with Gasteiger partial charge in [0.15, 0.2) is 0 Å². The lowest BCUT2D eigenvalue weighted by molar-refractivity contribution is 0.194. The van der Waals surface area contributed by atoms with Gasteiger partial charge in [0.25, 0.3) is 0 Å². The van der Waals surface area contributed by atoms with Gasteiger partial charge in [-0.05, 0) is 50.1 Å². The Labute approximate surface area is 105 Å². The highest BCUT2D eigenvalue weighted by Gasteiger charge is 1.94. The van der Waals surface area contributed by atoms with Gasteiger partial charge in [0.2, 0.25) is 0 Å². The lowest BCUT2D eigenvalue weighted by atomic mass is 10.1. The zero-order valence-corrected chi connectivity index (χ0v) is 11.2. The van der Waals surface area contributed by atoms with Gasteiger partial charge in [-0.15, -0.1) is 0 Å². The Balaban J connectivity index is 2.13. The van der Waals surface area contributed by atoms with Gasteiger partial charge in [-0.2, -0.15) is 0 Å². The fourth-order valence-corrected chi connectivity index (χ4v) is 1.84. The number of methoxy groups -OCH3 is 1. The molecule has 17 heavy (non-hydrogen) atoms. The summed E-state index contributed by atoms with van der Waals surface area (Å²) in [6, 6.07) is 6.55. The number of ether oxygens (including phenoxy) is 1. The highest BCUT2D eigenvalue weighted by atomic mass is 16.5. The van der Waals surface area contributed by atoms with E-state index in [1.165, 1.54) is 16.8 Å². The zero-order chi connectivity index (χ0) is 12.5. The van der Waals surface area contributed by atoms with Crippen molar-refractivity contribution in [3.05, 3.63) is 29.3 Å². The van der Waals surface area contributed by atoms with Gasteiger partial charge in [-0.3, -0.25) is 0 Å². The molecule has 3 nitrogen and oxygen atoms in total. The van der Waals surface area contributed by atoms with Crippen LogP contribution in [-0.4, -0.2) is 33.4 Å². The van der Waals surface area contributed by atoms with E-state index in [4.69, 9.17) is 4.74 Å². The lowest BCUT2D eigenvalue weighted by Crippen LogP contribution is -2.23. The van der Waals surface area contributed by atoms with Crippen LogP contribution in [0.3, 0.4) is 0 Å². The molecule has 0 fully saturated rings. The summed E-state index contributed by atoms with van der Waals surface area (Å²) < 4.78 is 4.99. The second-order valence-corrected chi connectivity index (χ2v) is 4.40. The molecule has 0 heterocycles. The van der Waals surface area contributed by atoms with Gasteiger partial charge >= 0.3 is 0 Å². The van der Waals surface area contributed by atoms with E-state index in [0.717, 1.165) is 32.7 Å². The molecule has 0 aliphatic heterocycles. The first-order chi connectivity index (χ1) is 8.22. The molecule has 0 radical (unpaired) electrons. The second-order valence-electron chi connectivity index (χ2n) is 4.40. The van der Waals surface area contributed by atoms with E-state index in [9.17, 15) is 0 Å². The summed E-state index contributed by atoms with van der Waals surface area (Å²) >= 11 is 0. The maximum Gasteiger partial charge on any atom is 0.0474 e.